The second kappa shape index (κ2) is 7.98. The number of hydrogen-bond acceptors (Lipinski definition) is 6. The van der Waals surface area contributed by atoms with E-state index in [1.807, 2.05) is 44.2 Å². The largest absolute Gasteiger partial charge is 0.403 e. The minimum absolute atomic E-state index is 0.0928. The highest BCUT2D eigenvalue weighted by molar-refractivity contribution is 5.85. The van der Waals surface area contributed by atoms with Gasteiger partial charge in [-0.05, 0) is 73.5 Å². The monoisotopic (exact) mass is 441 g/mol. The van der Waals surface area contributed by atoms with Gasteiger partial charge < -0.3 is 14.3 Å². The van der Waals surface area contributed by atoms with E-state index in [1.165, 1.54) is 12.1 Å². The quantitative estimate of drug-likeness (QED) is 0.415. The van der Waals surface area contributed by atoms with Crippen LogP contribution in [0.4, 0.5) is 16.1 Å². The van der Waals surface area contributed by atoms with Gasteiger partial charge in [0.25, 0.3) is 5.56 Å². The molecule has 164 valence electrons. The van der Waals surface area contributed by atoms with E-state index in [9.17, 15) is 9.18 Å². The molecule has 7 nitrogen and oxygen atoms in total. The molecule has 8 heteroatoms. The van der Waals surface area contributed by atoms with E-state index in [2.05, 4.69) is 20.5 Å². The van der Waals surface area contributed by atoms with Gasteiger partial charge in [0.2, 0.25) is 5.89 Å². The van der Waals surface area contributed by atoms with Gasteiger partial charge in [-0.15, -0.1) is 5.10 Å². The second-order valence-electron chi connectivity index (χ2n) is 7.88. The lowest BCUT2D eigenvalue weighted by atomic mass is 9.99. The minimum Gasteiger partial charge on any atom is -0.403 e. The Hall–Kier alpha value is -4.33. The van der Waals surface area contributed by atoms with Crippen molar-refractivity contribution in [1.82, 2.24) is 19.7 Å². The number of pyridine rings is 2. The summed E-state index contributed by atoms with van der Waals surface area (Å²) in [5.74, 6) is -0.0643. The molecule has 2 aromatic carbocycles. The van der Waals surface area contributed by atoms with Gasteiger partial charge in [-0.25, -0.2) is 4.39 Å². The molecule has 0 aliphatic rings. The number of benzene rings is 2. The SMILES string of the molecule is Cc1cc2c(cn1)cc(-c1cc(Nc3nnc(-c4ccc(F)cc4)o3)ccc1C)c(=O)n2C. The molecule has 0 amide bonds. The van der Waals surface area contributed by atoms with Gasteiger partial charge in [-0.3, -0.25) is 9.78 Å². The zero-order valence-electron chi connectivity index (χ0n) is 18.3. The Bertz CT molecular complexity index is 1550. The highest BCUT2D eigenvalue weighted by Crippen LogP contribution is 2.29. The first-order valence-corrected chi connectivity index (χ1v) is 10.3. The van der Waals surface area contributed by atoms with Crippen LogP contribution >= 0.6 is 0 Å². The summed E-state index contributed by atoms with van der Waals surface area (Å²) in [5, 5.41) is 12.0. The second-order valence-corrected chi connectivity index (χ2v) is 7.88. The number of fused-ring (bicyclic) bond motifs is 1. The lowest BCUT2D eigenvalue weighted by Gasteiger charge is -2.12. The van der Waals surface area contributed by atoms with Crippen molar-refractivity contribution >= 4 is 22.6 Å². The molecule has 5 rings (SSSR count). The van der Waals surface area contributed by atoms with Gasteiger partial charge in [-0.2, -0.15) is 0 Å². The van der Waals surface area contributed by atoms with Crippen LogP contribution < -0.4 is 10.9 Å². The van der Waals surface area contributed by atoms with Crippen LogP contribution in [0.2, 0.25) is 0 Å². The van der Waals surface area contributed by atoms with E-state index in [4.69, 9.17) is 4.42 Å². The summed E-state index contributed by atoms with van der Waals surface area (Å²) in [4.78, 5) is 17.5. The number of nitrogens with one attached hydrogen (secondary N) is 1. The molecule has 0 aliphatic heterocycles. The maximum Gasteiger partial charge on any atom is 0.320 e. The van der Waals surface area contributed by atoms with Crippen molar-refractivity contribution in [2.75, 3.05) is 5.32 Å². The van der Waals surface area contributed by atoms with E-state index in [-0.39, 0.29) is 23.3 Å². The van der Waals surface area contributed by atoms with Gasteiger partial charge in [0.15, 0.2) is 0 Å². The zero-order valence-corrected chi connectivity index (χ0v) is 18.3. The Balaban J connectivity index is 1.51. The third-order valence-electron chi connectivity index (χ3n) is 5.54. The molecular weight excluding hydrogens is 421 g/mol. The number of hydrogen-bond donors (Lipinski definition) is 1. The maximum atomic E-state index is 13.2. The molecule has 0 spiro atoms. The van der Waals surface area contributed by atoms with E-state index in [0.29, 0.717) is 16.8 Å². The molecule has 0 saturated carbocycles. The van der Waals surface area contributed by atoms with Crippen molar-refractivity contribution in [3.05, 3.63) is 88.2 Å². The molecule has 3 aromatic heterocycles. The minimum atomic E-state index is -0.338. The molecule has 0 fully saturated rings. The summed E-state index contributed by atoms with van der Waals surface area (Å²) in [6.07, 6.45) is 1.78. The van der Waals surface area contributed by atoms with E-state index < -0.39 is 0 Å². The number of anilines is 2. The fourth-order valence-corrected chi connectivity index (χ4v) is 3.75. The summed E-state index contributed by atoms with van der Waals surface area (Å²) < 4.78 is 20.5. The Morgan fingerprint density at radius 3 is 2.55 bits per heavy atom. The van der Waals surface area contributed by atoms with Crippen LogP contribution in [0.15, 0.2) is 70.0 Å². The number of nitrogens with zero attached hydrogens (tertiary/aromatic N) is 4. The Labute approximate surface area is 188 Å². The number of rotatable bonds is 4. The Kier molecular flexibility index (Phi) is 4.97. The average Bonchev–Trinajstić information content (AvgIpc) is 3.27. The van der Waals surface area contributed by atoms with Crippen LogP contribution in [0.1, 0.15) is 11.3 Å². The number of aryl methyl sites for hydroxylation is 3. The zero-order chi connectivity index (χ0) is 23.1. The molecule has 5 aromatic rings. The average molecular weight is 441 g/mol. The topological polar surface area (TPSA) is 85.8 Å². The van der Waals surface area contributed by atoms with Gasteiger partial charge >= 0.3 is 6.01 Å². The molecule has 0 radical (unpaired) electrons. The summed E-state index contributed by atoms with van der Waals surface area (Å²) in [6, 6.07) is 15.4. The van der Waals surface area contributed by atoms with Crippen molar-refractivity contribution in [3.63, 3.8) is 0 Å². The standard InChI is InChI=1S/C25H20FN5O2/c1-14-4-9-19(28-25-30-29-23(33-25)16-5-7-18(26)8-6-16)12-20(14)21-11-17-13-27-15(2)10-22(17)31(3)24(21)32/h4-13H,1-3H3,(H,28,30). The lowest BCUT2D eigenvalue weighted by molar-refractivity contribution is 0.587. The van der Waals surface area contributed by atoms with Crippen molar-refractivity contribution in [2.45, 2.75) is 13.8 Å². The Morgan fingerprint density at radius 1 is 0.970 bits per heavy atom. The highest BCUT2D eigenvalue weighted by Gasteiger charge is 2.14. The van der Waals surface area contributed by atoms with Gasteiger partial charge in [-0.1, -0.05) is 11.2 Å². The van der Waals surface area contributed by atoms with Crippen molar-refractivity contribution in [3.8, 4) is 22.6 Å². The van der Waals surface area contributed by atoms with Crippen LogP contribution in [0.5, 0.6) is 0 Å². The van der Waals surface area contributed by atoms with Crippen LogP contribution in [0, 0.1) is 19.7 Å². The molecule has 0 bridgehead atoms. The molecule has 3 heterocycles. The van der Waals surface area contributed by atoms with Gasteiger partial charge in [0, 0.05) is 41.1 Å². The van der Waals surface area contributed by atoms with Crippen LogP contribution in [0.3, 0.4) is 0 Å². The first-order valence-electron chi connectivity index (χ1n) is 10.3. The normalized spacial score (nSPS) is 11.2. The summed E-state index contributed by atoms with van der Waals surface area (Å²) in [7, 11) is 1.76. The van der Waals surface area contributed by atoms with E-state index >= 15 is 0 Å². The van der Waals surface area contributed by atoms with Crippen molar-refractivity contribution in [1.29, 1.82) is 0 Å². The highest BCUT2D eigenvalue weighted by atomic mass is 19.1. The summed E-state index contributed by atoms with van der Waals surface area (Å²) in [5.41, 5.74) is 5.23. The van der Waals surface area contributed by atoms with Crippen LogP contribution in [-0.2, 0) is 7.05 Å². The fourth-order valence-electron chi connectivity index (χ4n) is 3.75. The first kappa shape index (κ1) is 20.6. The van der Waals surface area contributed by atoms with Crippen molar-refractivity contribution in [2.24, 2.45) is 7.05 Å². The number of halogens is 1. The third kappa shape index (κ3) is 3.87. The molecule has 0 aliphatic carbocycles. The molecular formula is C25H20FN5O2. The Morgan fingerprint density at radius 2 is 1.76 bits per heavy atom. The van der Waals surface area contributed by atoms with E-state index in [1.54, 1.807) is 29.9 Å². The molecule has 0 unspecified atom stereocenters. The smallest absolute Gasteiger partial charge is 0.320 e. The maximum absolute atomic E-state index is 13.2. The van der Waals surface area contributed by atoms with Crippen LogP contribution in [-0.4, -0.2) is 19.7 Å². The first-order chi connectivity index (χ1) is 15.9. The predicted octanol–water partition coefficient (Wildman–Crippen LogP) is 5.15. The van der Waals surface area contributed by atoms with Crippen molar-refractivity contribution < 1.29 is 8.81 Å². The summed E-state index contributed by atoms with van der Waals surface area (Å²) >= 11 is 0. The third-order valence-corrected chi connectivity index (χ3v) is 5.54. The van der Waals surface area contributed by atoms with E-state index in [0.717, 1.165) is 27.7 Å². The van der Waals surface area contributed by atoms with Gasteiger partial charge in [0.05, 0.1) is 5.52 Å². The molecule has 33 heavy (non-hydrogen) atoms. The predicted molar refractivity (Wildman–Crippen MR) is 125 cm³/mol. The van der Waals surface area contributed by atoms with Crippen LogP contribution in [0.25, 0.3) is 33.5 Å². The molecule has 0 atom stereocenters. The fraction of sp³-hybridized carbons (Fsp3) is 0.120. The summed E-state index contributed by atoms with van der Waals surface area (Å²) in [6.45, 7) is 3.85. The molecule has 0 saturated heterocycles. The molecule has 1 N–H and O–H groups in total. The number of aromatic nitrogens is 4. The van der Waals surface area contributed by atoms with Gasteiger partial charge in [0.1, 0.15) is 5.82 Å². The lowest BCUT2D eigenvalue weighted by Crippen LogP contribution is -2.19.